The van der Waals surface area contributed by atoms with E-state index in [2.05, 4.69) is 30.1 Å². The molecule has 0 aliphatic carbocycles. The van der Waals surface area contributed by atoms with Crippen LogP contribution in [0, 0.1) is 0 Å². The number of nitrogens with two attached hydrogens (primary N) is 1. The summed E-state index contributed by atoms with van der Waals surface area (Å²) in [6, 6.07) is 0.501. The minimum absolute atomic E-state index is 0.501. The van der Waals surface area contributed by atoms with Crippen molar-refractivity contribution in [2.45, 2.75) is 13.0 Å². The van der Waals surface area contributed by atoms with Gasteiger partial charge < -0.3 is 10.6 Å². The Hall–Kier alpha value is -0.420. The quantitative estimate of drug-likeness (QED) is 0.836. The molecule has 13 heavy (non-hydrogen) atoms. The van der Waals surface area contributed by atoms with Gasteiger partial charge in [-0.05, 0) is 13.2 Å². The lowest BCUT2D eigenvalue weighted by molar-refractivity contribution is 0.762. The van der Waals surface area contributed by atoms with E-state index >= 15 is 0 Å². The highest BCUT2D eigenvalue weighted by Gasteiger charge is 2.11. The third kappa shape index (κ3) is 2.77. The third-order valence-electron chi connectivity index (χ3n) is 1.88. The third-order valence-corrected chi connectivity index (χ3v) is 3.61. The highest BCUT2D eigenvalue weighted by atomic mass is 32.2. The van der Waals surface area contributed by atoms with Crippen LogP contribution in [0.1, 0.15) is 6.92 Å². The van der Waals surface area contributed by atoms with Crippen LogP contribution in [0.3, 0.4) is 0 Å². The van der Waals surface area contributed by atoms with Crippen molar-refractivity contribution < 1.29 is 0 Å². The van der Waals surface area contributed by atoms with E-state index in [1.54, 1.807) is 6.20 Å². The molecule has 0 radical (unpaired) electrons. The van der Waals surface area contributed by atoms with E-state index in [0.717, 1.165) is 15.9 Å². The van der Waals surface area contributed by atoms with Gasteiger partial charge in [0.25, 0.3) is 0 Å². The molecule has 1 rings (SSSR count). The summed E-state index contributed by atoms with van der Waals surface area (Å²) in [5.74, 6) is 1.11. The van der Waals surface area contributed by atoms with E-state index in [9.17, 15) is 0 Å². The molecular weight excluding hydrogens is 202 g/mol. The second-order valence-corrected chi connectivity index (χ2v) is 4.91. The molecular formula is C8H15N3S2. The molecule has 0 spiro atoms. The number of rotatable bonds is 4. The first-order valence-corrected chi connectivity index (χ1v) is 6.29. The maximum atomic E-state index is 5.61. The summed E-state index contributed by atoms with van der Waals surface area (Å²) in [7, 11) is 2.05. The molecule has 0 aliphatic heterocycles. The van der Waals surface area contributed by atoms with Gasteiger partial charge in [-0.2, -0.15) is 11.8 Å². The summed E-state index contributed by atoms with van der Waals surface area (Å²) in [4.78, 5) is 6.39. The predicted molar refractivity (Wildman–Crippen MR) is 62.8 cm³/mol. The van der Waals surface area contributed by atoms with Gasteiger partial charge in [0.1, 0.15) is 5.00 Å². The Morgan fingerprint density at radius 1 is 1.77 bits per heavy atom. The van der Waals surface area contributed by atoms with Crippen LogP contribution in [0.2, 0.25) is 0 Å². The molecule has 0 aromatic carbocycles. The van der Waals surface area contributed by atoms with Gasteiger partial charge in [-0.1, -0.05) is 11.3 Å². The summed E-state index contributed by atoms with van der Waals surface area (Å²) >= 11 is 3.38. The van der Waals surface area contributed by atoms with Crippen LogP contribution in [0.25, 0.3) is 0 Å². The van der Waals surface area contributed by atoms with Gasteiger partial charge in [0, 0.05) is 18.8 Å². The van der Waals surface area contributed by atoms with Crippen molar-refractivity contribution in [2.24, 2.45) is 0 Å². The number of hydrogen-bond acceptors (Lipinski definition) is 5. The van der Waals surface area contributed by atoms with Crippen molar-refractivity contribution in [3.63, 3.8) is 0 Å². The topological polar surface area (TPSA) is 42.2 Å². The van der Waals surface area contributed by atoms with Crippen LogP contribution in [-0.4, -0.2) is 30.1 Å². The minimum atomic E-state index is 0.501. The number of nitrogen functional groups attached to an aromatic ring is 1. The number of thiazole rings is 1. The van der Waals surface area contributed by atoms with Gasteiger partial charge in [-0.25, -0.2) is 4.98 Å². The van der Waals surface area contributed by atoms with Gasteiger partial charge in [0.15, 0.2) is 5.13 Å². The summed E-state index contributed by atoms with van der Waals surface area (Å²) in [6.07, 6.45) is 3.82. The van der Waals surface area contributed by atoms with Crippen LogP contribution >= 0.6 is 23.1 Å². The Morgan fingerprint density at radius 3 is 2.92 bits per heavy atom. The average molecular weight is 217 g/mol. The Kier molecular flexibility index (Phi) is 3.87. The molecule has 1 heterocycles. The van der Waals surface area contributed by atoms with Crippen LogP contribution in [-0.2, 0) is 0 Å². The van der Waals surface area contributed by atoms with E-state index in [4.69, 9.17) is 5.73 Å². The van der Waals surface area contributed by atoms with Crippen molar-refractivity contribution in [1.29, 1.82) is 0 Å². The van der Waals surface area contributed by atoms with Gasteiger partial charge in [0.05, 0.1) is 6.20 Å². The number of nitrogens with zero attached hydrogens (tertiary/aromatic N) is 2. The zero-order valence-electron chi connectivity index (χ0n) is 8.15. The smallest absolute Gasteiger partial charge is 0.187 e. The second-order valence-electron chi connectivity index (χ2n) is 2.96. The molecule has 1 aromatic heterocycles. The largest absolute Gasteiger partial charge is 0.389 e. The first-order valence-electron chi connectivity index (χ1n) is 4.08. The van der Waals surface area contributed by atoms with E-state index in [0.29, 0.717) is 6.04 Å². The maximum absolute atomic E-state index is 5.61. The van der Waals surface area contributed by atoms with Gasteiger partial charge >= 0.3 is 0 Å². The molecule has 1 atom stereocenters. The van der Waals surface area contributed by atoms with Crippen molar-refractivity contribution >= 4 is 33.2 Å². The zero-order chi connectivity index (χ0) is 9.84. The van der Waals surface area contributed by atoms with Gasteiger partial charge in [-0.15, -0.1) is 0 Å². The number of hydrogen-bond donors (Lipinski definition) is 1. The van der Waals surface area contributed by atoms with Gasteiger partial charge in [0.2, 0.25) is 0 Å². The molecule has 3 nitrogen and oxygen atoms in total. The zero-order valence-corrected chi connectivity index (χ0v) is 9.78. The summed E-state index contributed by atoms with van der Waals surface area (Å²) < 4.78 is 0. The van der Waals surface area contributed by atoms with Gasteiger partial charge in [-0.3, -0.25) is 0 Å². The molecule has 0 fully saturated rings. The molecule has 74 valence electrons. The van der Waals surface area contributed by atoms with Crippen molar-refractivity contribution in [2.75, 3.05) is 29.7 Å². The van der Waals surface area contributed by atoms with Crippen molar-refractivity contribution in [3.8, 4) is 0 Å². The van der Waals surface area contributed by atoms with Crippen molar-refractivity contribution in [3.05, 3.63) is 6.20 Å². The summed E-state index contributed by atoms with van der Waals surface area (Å²) in [6.45, 7) is 2.19. The van der Waals surface area contributed by atoms with E-state index < -0.39 is 0 Å². The fourth-order valence-corrected chi connectivity index (χ4v) is 2.43. The van der Waals surface area contributed by atoms with Crippen LogP contribution in [0.15, 0.2) is 6.20 Å². The molecule has 0 saturated carbocycles. The molecule has 5 heteroatoms. The number of aromatic nitrogens is 1. The SMILES string of the molecule is CSCC(C)N(C)c1ncc(N)s1. The highest BCUT2D eigenvalue weighted by molar-refractivity contribution is 7.98. The molecule has 1 unspecified atom stereocenters. The summed E-state index contributed by atoms with van der Waals surface area (Å²) in [5.41, 5.74) is 5.61. The Balaban J connectivity index is 2.61. The lowest BCUT2D eigenvalue weighted by atomic mass is 10.4. The minimum Gasteiger partial charge on any atom is -0.389 e. The molecule has 0 aliphatic rings. The molecule has 0 bridgehead atoms. The van der Waals surface area contributed by atoms with Crippen LogP contribution < -0.4 is 10.6 Å². The number of thioether (sulfide) groups is 1. The van der Waals surface area contributed by atoms with Crippen LogP contribution in [0.4, 0.5) is 10.1 Å². The Labute approximate surface area is 87.3 Å². The maximum Gasteiger partial charge on any atom is 0.187 e. The van der Waals surface area contributed by atoms with E-state index in [1.807, 2.05) is 11.8 Å². The lowest BCUT2D eigenvalue weighted by Crippen LogP contribution is -2.30. The Morgan fingerprint density at radius 2 is 2.46 bits per heavy atom. The average Bonchev–Trinajstić information content (AvgIpc) is 2.51. The number of anilines is 2. The van der Waals surface area contributed by atoms with Crippen LogP contribution in [0.5, 0.6) is 0 Å². The standard InChI is InChI=1S/C8H15N3S2/c1-6(5-12-3)11(2)8-10-4-7(9)13-8/h4,6H,5,9H2,1-3H3. The second kappa shape index (κ2) is 4.72. The first-order chi connectivity index (χ1) is 6.15. The monoisotopic (exact) mass is 217 g/mol. The fourth-order valence-electron chi connectivity index (χ4n) is 0.982. The normalized spacial score (nSPS) is 12.8. The molecule has 1 aromatic rings. The first kappa shape index (κ1) is 10.7. The predicted octanol–water partition coefficient (Wildman–Crippen LogP) is 1.91. The van der Waals surface area contributed by atoms with Crippen molar-refractivity contribution in [1.82, 2.24) is 4.98 Å². The van der Waals surface area contributed by atoms with E-state index in [1.165, 1.54) is 11.3 Å². The molecule has 0 saturated heterocycles. The lowest BCUT2D eigenvalue weighted by Gasteiger charge is -2.23. The molecule has 0 amide bonds. The summed E-state index contributed by atoms with van der Waals surface area (Å²) in [5, 5.41) is 1.78. The Bertz CT molecular complexity index is 262. The van der Waals surface area contributed by atoms with E-state index in [-0.39, 0.29) is 0 Å². The molecule has 2 N–H and O–H groups in total. The fraction of sp³-hybridized carbons (Fsp3) is 0.625. The highest BCUT2D eigenvalue weighted by Crippen LogP contribution is 2.24.